The summed E-state index contributed by atoms with van der Waals surface area (Å²) in [5.74, 6) is 1.42. The van der Waals surface area contributed by atoms with Crippen molar-refractivity contribution in [2.45, 2.75) is 12.8 Å². The second kappa shape index (κ2) is 4.60. The van der Waals surface area contributed by atoms with Gasteiger partial charge in [-0.15, -0.1) is 11.3 Å². The van der Waals surface area contributed by atoms with E-state index in [0.29, 0.717) is 5.82 Å². The van der Waals surface area contributed by atoms with Crippen molar-refractivity contribution < 1.29 is 4.74 Å². The zero-order valence-electron chi connectivity index (χ0n) is 11.5. The molecule has 1 aliphatic rings. The van der Waals surface area contributed by atoms with E-state index in [9.17, 15) is 0 Å². The van der Waals surface area contributed by atoms with Gasteiger partial charge in [0.25, 0.3) is 0 Å². The topological polar surface area (TPSA) is 76.8 Å². The van der Waals surface area contributed by atoms with Crippen LogP contribution >= 0.6 is 11.3 Å². The molecule has 0 bridgehead atoms. The molecule has 0 radical (unpaired) electrons. The number of rotatable bonds is 2. The highest BCUT2D eigenvalue weighted by Gasteiger charge is 2.22. The Kier molecular flexibility index (Phi) is 2.71. The maximum atomic E-state index is 5.90. The second-order valence-electron chi connectivity index (χ2n) is 5.01. The first-order valence-corrected chi connectivity index (χ1v) is 7.54. The molecule has 106 valence electrons. The van der Waals surface area contributed by atoms with Crippen LogP contribution in [0.3, 0.4) is 0 Å². The Morgan fingerprint density at radius 3 is 2.95 bits per heavy atom. The highest BCUT2D eigenvalue weighted by Crippen LogP contribution is 2.41. The van der Waals surface area contributed by atoms with Gasteiger partial charge in [-0.1, -0.05) is 6.07 Å². The molecule has 2 heterocycles. The molecule has 0 saturated carbocycles. The minimum atomic E-state index is 0.562. The van der Waals surface area contributed by atoms with Crippen LogP contribution in [0.2, 0.25) is 0 Å². The monoisotopic (exact) mass is 298 g/mol. The summed E-state index contributed by atoms with van der Waals surface area (Å²) in [7, 11) is 1.68. The van der Waals surface area contributed by atoms with Crippen LogP contribution in [-0.2, 0) is 12.8 Å². The molecule has 0 unspecified atom stereocenters. The highest BCUT2D eigenvalue weighted by molar-refractivity contribution is 7.15. The lowest BCUT2D eigenvalue weighted by molar-refractivity contribution is 0.415. The average molecular weight is 298 g/mol. The number of nitrogens with zero attached hydrogens (tertiary/aromatic N) is 2. The number of nitrogen functional groups attached to an aromatic ring is 1. The number of benzene rings is 1. The molecule has 6 heteroatoms. The summed E-state index contributed by atoms with van der Waals surface area (Å²) >= 11 is 1.69. The van der Waals surface area contributed by atoms with Crippen molar-refractivity contribution in [2.75, 3.05) is 12.8 Å². The number of nitrogens with one attached hydrogen (secondary N) is 1. The van der Waals surface area contributed by atoms with Crippen LogP contribution in [0.4, 0.5) is 5.82 Å². The Labute approximate surface area is 125 Å². The van der Waals surface area contributed by atoms with E-state index in [1.165, 1.54) is 16.0 Å². The van der Waals surface area contributed by atoms with Gasteiger partial charge in [-0.05, 0) is 30.5 Å². The minimum Gasteiger partial charge on any atom is -0.497 e. The Morgan fingerprint density at radius 2 is 2.19 bits per heavy atom. The lowest BCUT2D eigenvalue weighted by Crippen LogP contribution is -2.02. The SMILES string of the molecule is COc1ccc2c(c1)-c1nc(-c3cn[nH]c3N)sc1CC2. The standard InChI is InChI=1S/C15H14N4OS/c1-20-9-4-2-8-3-5-12-13(10(8)6-9)18-15(21-12)11-7-17-19-14(11)16/h2,4,6-7H,3,5H2,1H3,(H3,16,17,19). The predicted octanol–water partition coefficient (Wildman–Crippen LogP) is 2.89. The van der Waals surface area contributed by atoms with E-state index in [-0.39, 0.29) is 0 Å². The minimum absolute atomic E-state index is 0.562. The fourth-order valence-corrected chi connectivity index (χ4v) is 3.78. The Bertz CT molecular complexity index is 821. The molecule has 0 amide bonds. The molecule has 3 N–H and O–H groups in total. The number of anilines is 1. The first-order chi connectivity index (χ1) is 10.3. The van der Waals surface area contributed by atoms with Gasteiger partial charge in [-0.3, -0.25) is 5.10 Å². The third kappa shape index (κ3) is 1.91. The quantitative estimate of drug-likeness (QED) is 0.762. The first-order valence-electron chi connectivity index (χ1n) is 6.72. The lowest BCUT2D eigenvalue weighted by Gasteiger charge is -2.15. The van der Waals surface area contributed by atoms with Crippen molar-refractivity contribution in [3.05, 3.63) is 34.8 Å². The average Bonchev–Trinajstić information content (AvgIpc) is 3.12. The molecule has 0 fully saturated rings. The first kappa shape index (κ1) is 12.4. The molecule has 5 nitrogen and oxygen atoms in total. The largest absolute Gasteiger partial charge is 0.497 e. The number of hydrogen-bond acceptors (Lipinski definition) is 5. The number of aromatic nitrogens is 3. The summed E-state index contributed by atoms with van der Waals surface area (Å²) < 4.78 is 5.33. The van der Waals surface area contributed by atoms with Gasteiger partial charge >= 0.3 is 0 Å². The summed E-state index contributed by atoms with van der Waals surface area (Å²) in [6.07, 6.45) is 3.78. The Balaban J connectivity index is 1.87. The third-order valence-corrected chi connectivity index (χ3v) is 4.94. The molecule has 4 rings (SSSR count). The van der Waals surface area contributed by atoms with E-state index < -0.39 is 0 Å². The lowest BCUT2D eigenvalue weighted by atomic mass is 9.93. The number of ether oxygens (including phenoxy) is 1. The summed E-state index contributed by atoms with van der Waals surface area (Å²) in [5.41, 5.74) is 10.3. The number of H-pyrrole nitrogens is 1. The molecule has 2 aromatic heterocycles. The number of aromatic amines is 1. The van der Waals surface area contributed by atoms with E-state index in [1.807, 2.05) is 6.07 Å². The van der Waals surface area contributed by atoms with Gasteiger partial charge in [-0.25, -0.2) is 4.98 Å². The molecule has 1 aliphatic carbocycles. The molecule has 0 atom stereocenters. The molecule has 0 aliphatic heterocycles. The van der Waals surface area contributed by atoms with Gasteiger partial charge in [0.05, 0.1) is 24.6 Å². The van der Waals surface area contributed by atoms with E-state index in [0.717, 1.165) is 34.9 Å². The van der Waals surface area contributed by atoms with E-state index in [2.05, 4.69) is 22.3 Å². The van der Waals surface area contributed by atoms with Crippen LogP contribution in [0.1, 0.15) is 10.4 Å². The van der Waals surface area contributed by atoms with Crippen LogP contribution in [0.15, 0.2) is 24.4 Å². The molecule has 0 spiro atoms. The van der Waals surface area contributed by atoms with Crippen LogP contribution in [0.5, 0.6) is 5.75 Å². The zero-order chi connectivity index (χ0) is 14.4. The fraction of sp³-hybridized carbons (Fsp3) is 0.200. The maximum Gasteiger partial charge on any atom is 0.129 e. The van der Waals surface area contributed by atoms with Crippen LogP contribution in [-0.4, -0.2) is 22.3 Å². The summed E-state index contributed by atoms with van der Waals surface area (Å²) in [6, 6.07) is 6.20. The van der Waals surface area contributed by atoms with Gasteiger partial charge in [-0.2, -0.15) is 5.10 Å². The van der Waals surface area contributed by atoms with Crippen molar-refractivity contribution in [2.24, 2.45) is 0 Å². The summed E-state index contributed by atoms with van der Waals surface area (Å²) in [4.78, 5) is 6.09. The zero-order valence-corrected chi connectivity index (χ0v) is 12.3. The summed E-state index contributed by atoms with van der Waals surface area (Å²) in [5, 5.41) is 7.65. The van der Waals surface area contributed by atoms with Gasteiger partial charge in [0.1, 0.15) is 16.6 Å². The van der Waals surface area contributed by atoms with Crippen LogP contribution < -0.4 is 10.5 Å². The third-order valence-electron chi connectivity index (χ3n) is 3.79. The summed E-state index contributed by atoms with van der Waals surface area (Å²) in [6.45, 7) is 0. The molecule has 1 aromatic carbocycles. The van der Waals surface area contributed by atoms with E-state index in [4.69, 9.17) is 15.5 Å². The van der Waals surface area contributed by atoms with Crippen molar-refractivity contribution >= 4 is 17.2 Å². The van der Waals surface area contributed by atoms with Gasteiger partial charge in [0.2, 0.25) is 0 Å². The second-order valence-corrected chi connectivity index (χ2v) is 6.09. The molecular weight excluding hydrogens is 284 g/mol. The van der Waals surface area contributed by atoms with Crippen molar-refractivity contribution in [3.8, 4) is 27.6 Å². The number of fused-ring (bicyclic) bond motifs is 3. The van der Waals surface area contributed by atoms with Crippen LogP contribution in [0.25, 0.3) is 21.8 Å². The van der Waals surface area contributed by atoms with Crippen molar-refractivity contribution in [3.63, 3.8) is 0 Å². The number of methoxy groups -OCH3 is 1. The Hall–Kier alpha value is -2.34. The smallest absolute Gasteiger partial charge is 0.129 e. The number of hydrogen-bond donors (Lipinski definition) is 2. The normalized spacial score (nSPS) is 12.8. The van der Waals surface area contributed by atoms with Gasteiger partial charge < -0.3 is 10.5 Å². The van der Waals surface area contributed by atoms with Crippen molar-refractivity contribution in [1.29, 1.82) is 0 Å². The molecule has 0 saturated heterocycles. The molecule has 3 aromatic rings. The number of nitrogens with two attached hydrogens (primary N) is 1. The number of aryl methyl sites for hydroxylation is 2. The van der Waals surface area contributed by atoms with E-state index >= 15 is 0 Å². The van der Waals surface area contributed by atoms with E-state index in [1.54, 1.807) is 24.6 Å². The predicted molar refractivity (Wildman–Crippen MR) is 83.5 cm³/mol. The highest BCUT2D eigenvalue weighted by atomic mass is 32.1. The molecule has 21 heavy (non-hydrogen) atoms. The number of thiazole rings is 1. The van der Waals surface area contributed by atoms with Crippen molar-refractivity contribution in [1.82, 2.24) is 15.2 Å². The molecular formula is C15H14N4OS. The fourth-order valence-electron chi connectivity index (χ4n) is 2.68. The Morgan fingerprint density at radius 1 is 1.29 bits per heavy atom. The van der Waals surface area contributed by atoms with Gasteiger partial charge in [0, 0.05) is 10.4 Å². The van der Waals surface area contributed by atoms with Gasteiger partial charge in [0.15, 0.2) is 0 Å². The maximum absolute atomic E-state index is 5.90. The van der Waals surface area contributed by atoms with Crippen LogP contribution in [0, 0.1) is 0 Å².